The molecular weight excluding hydrogens is 819 g/mol. The van der Waals surface area contributed by atoms with Gasteiger partial charge in [0.2, 0.25) is 0 Å². The topological polar surface area (TPSA) is 3.24 Å². The predicted molar refractivity (Wildman–Crippen MR) is 284 cm³/mol. The molecule has 1 nitrogen and oxygen atoms in total. The second kappa shape index (κ2) is 15.1. The summed E-state index contributed by atoms with van der Waals surface area (Å²) in [6, 6.07) is 80.3. The number of hydrogen-bond acceptors (Lipinski definition) is 1. The Morgan fingerprint density at radius 2 is 0.794 bits per heavy atom. The molecule has 0 aliphatic heterocycles. The zero-order valence-corrected chi connectivity index (χ0v) is 39.0. The van der Waals surface area contributed by atoms with Gasteiger partial charge in [-0.1, -0.05) is 190 Å². The molecule has 0 atom stereocenters. The van der Waals surface area contributed by atoms with Gasteiger partial charge in [-0.05, 0) is 181 Å². The van der Waals surface area contributed by atoms with Gasteiger partial charge in [0.05, 0.1) is 0 Å². The Balaban J connectivity index is 0.889. The number of hydrogen-bond donors (Lipinski definition) is 0. The highest BCUT2D eigenvalue weighted by molar-refractivity contribution is 5.91. The second-order valence-corrected chi connectivity index (χ2v) is 21.3. The van der Waals surface area contributed by atoms with Crippen molar-refractivity contribution in [3.63, 3.8) is 0 Å². The van der Waals surface area contributed by atoms with E-state index in [0.717, 1.165) is 11.8 Å². The Bertz CT molecular complexity index is 3400. The maximum atomic E-state index is 2.64. The third-order valence-electron chi connectivity index (χ3n) is 17.5. The molecule has 1 heteroatoms. The van der Waals surface area contributed by atoms with Crippen molar-refractivity contribution in [2.24, 2.45) is 23.7 Å². The molecule has 9 aromatic carbocycles. The van der Waals surface area contributed by atoms with Crippen molar-refractivity contribution in [1.29, 1.82) is 0 Å². The Morgan fingerprint density at radius 1 is 0.324 bits per heavy atom. The zero-order valence-electron chi connectivity index (χ0n) is 39.0. The van der Waals surface area contributed by atoms with Crippen LogP contribution < -0.4 is 4.90 Å². The summed E-state index contributed by atoms with van der Waals surface area (Å²) >= 11 is 0. The van der Waals surface area contributed by atoms with Gasteiger partial charge in [0.1, 0.15) is 0 Å². The van der Waals surface area contributed by atoms with E-state index in [4.69, 9.17) is 0 Å². The first-order valence-electron chi connectivity index (χ1n) is 25.2. The number of benzene rings is 9. The van der Waals surface area contributed by atoms with Crippen LogP contribution in [-0.2, 0) is 10.8 Å². The van der Waals surface area contributed by atoms with E-state index >= 15 is 0 Å². The standard InChI is InChI=1S/C67H55N/c1-66(2)62-24-10-8-21-59(62)61-23-13-22-57(65(61)66)49-16-12-17-53(41-49)68(52-32-30-46(31-33-52)45-26-28-48(29-27-45)56-19-7-6-18-55(56)47-14-4-3-5-15-47)54-34-35-60-58-20-9-11-25-63(58)67(64(60)42-54)50-37-43-36-44(39-50)40-51(67)38-43/h3-35,41-44,50-51H,36-40H2,1-2H3. The summed E-state index contributed by atoms with van der Waals surface area (Å²) in [5.74, 6) is 3.22. The van der Waals surface area contributed by atoms with E-state index in [1.165, 1.54) is 127 Å². The van der Waals surface area contributed by atoms with Crippen LogP contribution in [0.25, 0.3) is 66.8 Å². The van der Waals surface area contributed by atoms with Crippen molar-refractivity contribution in [2.45, 2.75) is 56.8 Å². The Hall–Kier alpha value is -7.22. The van der Waals surface area contributed by atoms with Crippen LogP contribution >= 0.6 is 0 Å². The highest BCUT2D eigenvalue weighted by atomic mass is 15.1. The largest absolute Gasteiger partial charge is 0.310 e. The van der Waals surface area contributed by atoms with Gasteiger partial charge >= 0.3 is 0 Å². The van der Waals surface area contributed by atoms with E-state index < -0.39 is 0 Å². The molecule has 0 unspecified atom stereocenters. The maximum absolute atomic E-state index is 2.64. The van der Waals surface area contributed by atoms with Gasteiger partial charge in [-0.25, -0.2) is 0 Å². The van der Waals surface area contributed by atoms with Crippen LogP contribution in [0.2, 0.25) is 0 Å². The molecule has 6 aliphatic rings. The lowest BCUT2D eigenvalue weighted by molar-refractivity contribution is -0.0399. The van der Waals surface area contributed by atoms with Gasteiger partial charge in [-0.15, -0.1) is 0 Å². The van der Waals surface area contributed by atoms with Crippen molar-refractivity contribution < 1.29 is 0 Å². The van der Waals surface area contributed by atoms with Crippen LogP contribution in [0.5, 0.6) is 0 Å². The molecule has 0 radical (unpaired) electrons. The summed E-state index contributed by atoms with van der Waals surface area (Å²) in [4.78, 5) is 2.55. The molecular formula is C67H55N. The van der Waals surface area contributed by atoms with E-state index in [0.29, 0.717) is 11.8 Å². The lowest BCUT2D eigenvalue weighted by Crippen LogP contribution is -2.55. The van der Waals surface area contributed by atoms with E-state index in [1.807, 2.05) is 0 Å². The SMILES string of the molecule is CC1(C)c2ccccc2-c2cccc(-c3cccc(N(c4ccc(-c5ccc(-c6ccccc6-c6ccccc6)cc5)cc4)c4ccc5c(c4)C4(c6ccccc6-5)C5CC6CC(C5)CC4C6)c3)c21. The molecule has 0 saturated heterocycles. The molecule has 0 aromatic heterocycles. The summed E-state index contributed by atoms with van der Waals surface area (Å²) in [5, 5.41) is 0. The fourth-order valence-electron chi connectivity index (χ4n) is 14.9. The van der Waals surface area contributed by atoms with Crippen LogP contribution in [-0.4, -0.2) is 0 Å². The van der Waals surface area contributed by atoms with Gasteiger partial charge in [0.15, 0.2) is 0 Å². The van der Waals surface area contributed by atoms with E-state index in [1.54, 1.807) is 11.1 Å². The lowest BCUT2D eigenvalue weighted by atomic mass is 9.43. The molecule has 6 aliphatic carbocycles. The number of anilines is 3. The Morgan fingerprint density at radius 3 is 1.49 bits per heavy atom. The minimum absolute atomic E-state index is 0.0890. The molecule has 328 valence electrons. The van der Waals surface area contributed by atoms with Crippen LogP contribution in [0.15, 0.2) is 212 Å². The third kappa shape index (κ3) is 5.87. The quantitative estimate of drug-likeness (QED) is 0.154. The molecule has 4 saturated carbocycles. The smallest absolute Gasteiger partial charge is 0.0467 e. The van der Waals surface area contributed by atoms with E-state index in [2.05, 4.69) is 231 Å². The lowest BCUT2D eigenvalue weighted by Gasteiger charge is -2.61. The first kappa shape index (κ1) is 39.9. The summed E-state index contributed by atoms with van der Waals surface area (Å²) < 4.78 is 0. The monoisotopic (exact) mass is 873 g/mol. The van der Waals surface area contributed by atoms with Crippen molar-refractivity contribution in [2.75, 3.05) is 4.90 Å². The summed E-state index contributed by atoms with van der Waals surface area (Å²) in [6.07, 6.45) is 6.96. The van der Waals surface area contributed by atoms with Gasteiger partial charge in [0, 0.05) is 27.9 Å². The normalized spacial score (nSPS) is 21.9. The highest BCUT2D eigenvalue weighted by Crippen LogP contribution is 2.69. The first-order chi connectivity index (χ1) is 33.4. The first-order valence-corrected chi connectivity index (χ1v) is 25.2. The Labute approximate surface area is 401 Å². The predicted octanol–water partition coefficient (Wildman–Crippen LogP) is 17.9. The van der Waals surface area contributed by atoms with Crippen LogP contribution in [0, 0.1) is 23.7 Å². The molecule has 1 spiro atoms. The average Bonchev–Trinajstić information content (AvgIpc) is 3.81. The van der Waals surface area contributed by atoms with Crippen molar-refractivity contribution in [3.05, 3.63) is 235 Å². The molecule has 4 bridgehead atoms. The molecule has 0 N–H and O–H groups in total. The summed E-state index contributed by atoms with van der Waals surface area (Å²) in [5.41, 5.74) is 25.2. The molecule has 15 rings (SSSR count). The molecule has 4 fully saturated rings. The molecule has 0 amide bonds. The summed E-state index contributed by atoms with van der Waals surface area (Å²) in [7, 11) is 0. The number of fused-ring (bicyclic) bond motifs is 6. The van der Waals surface area contributed by atoms with Crippen molar-refractivity contribution in [1.82, 2.24) is 0 Å². The zero-order chi connectivity index (χ0) is 45.1. The van der Waals surface area contributed by atoms with Crippen LogP contribution in [0.3, 0.4) is 0 Å². The number of nitrogens with zero attached hydrogens (tertiary/aromatic N) is 1. The van der Waals surface area contributed by atoms with Gasteiger partial charge in [-0.3, -0.25) is 0 Å². The molecule has 9 aromatic rings. The van der Waals surface area contributed by atoms with Crippen molar-refractivity contribution >= 4 is 17.1 Å². The van der Waals surface area contributed by atoms with Crippen LogP contribution in [0.4, 0.5) is 17.1 Å². The molecule has 0 heterocycles. The third-order valence-corrected chi connectivity index (χ3v) is 17.5. The minimum Gasteiger partial charge on any atom is -0.310 e. The van der Waals surface area contributed by atoms with E-state index in [-0.39, 0.29) is 10.8 Å². The minimum atomic E-state index is -0.112. The average molecular weight is 874 g/mol. The maximum Gasteiger partial charge on any atom is 0.0467 e. The van der Waals surface area contributed by atoms with Crippen LogP contribution in [0.1, 0.15) is 68.2 Å². The molecule has 68 heavy (non-hydrogen) atoms. The van der Waals surface area contributed by atoms with E-state index in [9.17, 15) is 0 Å². The van der Waals surface area contributed by atoms with Gasteiger partial charge in [0.25, 0.3) is 0 Å². The van der Waals surface area contributed by atoms with Gasteiger partial charge in [-0.2, -0.15) is 0 Å². The van der Waals surface area contributed by atoms with Crippen molar-refractivity contribution in [3.8, 4) is 66.8 Å². The van der Waals surface area contributed by atoms with Gasteiger partial charge < -0.3 is 4.90 Å². The summed E-state index contributed by atoms with van der Waals surface area (Å²) in [6.45, 7) is 4.80. The fourth-order valence-corrected chi connectivity index (χ4v) is 14.9. The Kier molecular flexibility index (Phi) is 8.89. The highest BCUT2D eigenvalue weighted by Gasteiger charge is 2.61. The fraction of sp³-hybridized carbons (Fsp3) is 0.194. The number of rotatable bonds is 7. The second-order valence-electron chi connectivity index (χ2n) is 21.3.